The molecule has 1 fully saturated rings. The molecule has 2 aromatic heterocycles. The summed E-state index contributed by atoms with van der Waals surface area (Å²) in [6, 6.07) is 7.29. The summed E-state index contributed by atoms with van der Waals surface area (Å²) in [5.74, 6) is 1.83. The van der Waals surface area contributed by atoms with E-state index in [2.05, 4.69) is 14.9 Å². The predicted octanol–water partition coefficient (Wildman–Crippen LogP) is 3.05. The molecular formula is C26H28N6O6. The number of hydrogen-bond acceptors (Lipinski definition) is 9. The number of ether oxygens (including phenoxy) is 2. The molecule has 0 N–H and O–H groups in total. The fourth-order valence-corrected chi connectivity index (χ4v) is 5.45. The summed E-state index contributed by atoms with van der Waals surface area (Å²) in [7, 11) is 4.72. The van der Waals surface area contributed by atoms with Gasteiger partial charge in [0.15, 0.2) is 11.5 Å². The van der Waals surface area contributed by atoms with Crippen LogP contribution in [0.1, 0.15) is 25.8 Å². The highest BCUT2D eigenvalue weighted by molar-refractivity contribution is 5.92. The Labute approximate surface area is 217 Å². The third-order valence-electron chi connectivity index (χ3n) is 7.46. The van der Waals surface area contributed by atoms with Gasteiger partial charge in [0.25, 0.3) is 11.2 Å². The normalized spacial score (nSPS) is 17.6. The van der Waals surface area contributed by atoms with Gasteiger partial charge >= 0.3 is 5.69 Å². The van der Waals surface area contributed by atoms with Crippen molar-refractivity contribution in [3.8, 4) is 11.5 Å². The molecule has 1 aliphatic rings. The van der Waals surface area contributed by atoms with Crippen LogP contribution >= 0.6 is 0 Å². The van der Waals surface area contributed by atoms with E-state index in [4.69, 9.17) is 9.47 Å². The summed E-state index contributed by atoms with van der Waals surface area (Å²) in [6.07, 6.45) is 2.74. The molecule has 2 unspecified atom stereocenters. The number of non-ortho nitro benzene ring substituents is 1. The van der Waals surface area contributed by atoms with Crippen LogP contribution in [-0.4, -0.2) is 51.3 Å². The van der Waals surface area contributed by atoms with Crippen LogP contribution in [0.5, 0.6) is 11.5 Å². The molecule has 0 saturated carbocycles. The molecule has 2 aromatic carbocycles. The summed E-state index contributed by atoms with van der Waals surface area (Å²) in [6.45, 7) is 3.13. The molecule has 0 amide bonds. The van der Waals surface area contributed by atoms with Crippen molar-refractivity contribution in [1.82, 2.24) is 19.1 Å². The standard InChI is InChI=1S/C26H28N6O6/c1-5-15-13-30(24-17-11-22(37-3)23(38-4)12-19(17)27-14-28-24)9-8-20(15)31-25(33)18-10-16(32(35)36)6-7-21(18)29(2)26(31)34/h6-7,10-12,14-15,20H,5,8-9,13H2,1-4H3. The van der Waals surface area contributed by atoms with Gasteiger partial charge in [-0.2, -0.15) is 0 Å². The Hall–Kier alpha value is -4.48. The van der Waals surface area contributed by atoms with E-state index in [0.29, 0.717) is 48.5 Å². The minimum atomic E-state index is -0.543. The van der Waals surface area contributed by atoms with Gasteiger partial charge in [-0.25, -0.2) is 14.8 Å². The molecule has 0 bridgehead atoms. The van der Waals surface area contributed by atoms with Crippen molar-refractivity contribution in [3.05, 3.63) is 67.6 Å². The van der Waals surface area contributed by atoms with E-state index >= 15 is 0 Å². The van der Waals surface area contributed by atoms with Crippen LogP contribution in [0.4, 0.5) is 11.5 Å². The topological polar surface area (TPSA) is 135 Å². The smallest absolute Gasteiger partial charge is 0.331 e. The first-order valence-electron chi connectivity index (χ1n) is 12.3. The van der Waals surface area contributed by atoms with Crippen LogP contribution in [0.2, 0.25) is 0 Å². The number of nitrogens with zero attached hydrogens (tertiary/aromatic N) is 6. The Balaban J connectivity index is 1.56. The second-order valence-electron chi connectivity index (χ2n) is 9.37. The van der Waals surface area contributed by atoms with Gasteiger partial charge in [-0.3, -0.25) is 24.0 Å². The minimum absolute atomic E-state index is 0.0459. The van der Waals surface area contributed by atoms with Crippen molar-refractivity contribution in [1.29, 1.82) is 0 Å². The van der Waals surface area contributed by atoms with Gasteiger partial charge in [0.2, 0.25) is 0 Å². The summed E-state index contributed by atoms with van der Waals surface area (Å²) >= 11 is 0. The fraction of sp³-hybridized carbons (Fsp3) is 0.385. The number of anilines is 1. The van der Waals surface area contributed by atoms with E-state index in [1.54, 1.807) is 27.3 Å². The van der Waals surface area contributed by atoms with E-state index in [-0.39, 0.29) is 23.0 Å². The number of hydrogen-bond donors (Lipinski definition) is 0. The van der Waals surface area contributed by atoms with Crippen molar-refractivity contribution < 1.29 is 14.4 Å². The highest BCUT2D eigenvalue weighted by Gasteiger charge is 2.33. The Kier molecular flexibility index (Phi) is 6.47. The number of methoxy groups -OCH3 is 2. The first-order valence-corrected chi connectivity index (χ1v) is 12.3. The van der Waals surface area contributed by atoms with Crippen LogP contribution in [0.25, 0.3) is 21.8 Å². The van der Waals surface area contributed by atoms with Crippen LogP contribution in [-0.2, 0) is 7.05 Å². The maximum atomic E-state index is 13.6. The van der Waals surface area contributed by atoms with Crippen LogP contribution in [0, 0.1) is 16.0 Å². The van der Waals surface area contributed by atoms with E-state index in [0.717, 1.165) is 11.2 Å². The van der Waals surface area contributed by atoms with Crippen molar-refractivity contribution in [2.24, 2.45) is 13.0 Å². The van der Waals surface area contributed by atoms with Crippen molar-refractivity contribution in [2.75, 3.05) is 32.2 Å². The zero-order valence-electron chi connectivity index (χ0n) is 21.6. The van der Waals surface area contributed by atoms with Crippen molar-refractivity contribution in [3.63, 3.8) is 0 Å². The minimum Gasteiger partial charge on any atom is -0.493 e. The summed E-state index contributed by atoms with van der Waals surface area (Å²) in [4.78, 5) is 48.8. The Bertz CT molecular complexity index is 1680. The largest absolute Gasteiger partial charge is 0.493 e. The molecule has 0 spiro atoms. The number of rotatable bonds is 6. The highest BCUT2D eigenvalue weighted by Crippen LogP contribution is 2.37. The molecule has 12 nitrogen and oxygen atoms in total. The molecule has 4 aromatic rings. The van der Waals surface area contributed by atoms with Gasteiger partial charge in [-0.1, -0.05) is 6.92 Å². The third-order valence-corrected chi connectivity index (χ3v) is 7.46. The van der Waals surface area contributed by atoms with E-state index in [1.807, 2.05) is 13.0 Å². The van der Waals surface area contributed by atoms with Crippen LogP contribution in [0.15, 0.2) is 46.2 Å². The Morgan fingerprint density at radius 2 is 1.82 bits per heavy atom. The SMILES string of the molecule is CCC1CN(c2ncnc3cc(OC)c(OC)cc23)CCC1n1c(=O)c2cc([N+](=O)[O-])ccc2n(C)c1=O. The first kappa shape index (κ1) is 25.2. The molecule has 1 saturated heterocycles. The first-order chi connectivity index (χ1) is 18.3. The molecule has 3 heterocycles. The third kappa shape index (κ3) is 4.01. The molecule has 2 atom stereocenters. The number of benzene rings is 2. The second kappa shape index (κ2) is 9.77. The number of aromatic nitrogens is 4. The van der Waals surface area contributed by atoms with Gasteiger partial charge in [0.1, 0.15) is 12.1 Å². The highest BCUT2D eigenvalue weighted by atomic mass is 16.6. The lowest BCUT2D eigenvalue weighted by Crippen LogP contribution is -2.49. The van der Waals surface area contributed by atoms with E-state index < -0.39 is 16.2 Å². The monoisotopic (exact) mass is 520 g/mol. The summed E-state index contributed by atoms with van der Waals surface area (Å²) < 4.78 is 13.6. The lowest BCUT2D eigenvalue weighted by atomic mass is 9.89. The molecule has 0 radical (unpaired) electrons. The van der Waals surface area contributed by atoms with Gasteiger partial charge in [-0.15, -0.1) is 0 Å². The number of aryl methyl sites for hydroxylation is 1. The second-order valence-corrected chi connectivity index (χ2v) is 9.37. The molecule has 198 valence electrons. The predicted molar refractivity (Wildman–Crippen MR) is 142 cm³/mol. The van der Waals surface area contributed by atoms with Crippen molar-refractivity contribution in [2.45, 2.75) is 25.8 Å². The molecule has 38 heavy (non-hydrogen) atoms. The maximum absolute atomic E-state index is 13.6. The molecule has 12 heteroatoms. The molecule has 1 aliphatic heterocycles. The summed E-state index contributed by atoms with van der Waals surface area (Å²) in [5.41, 5.74) is -0.0526. The van der Waals surface area contributed by atoms with Gasteiger partial charge in [-0.05, 0) is 30.9 Å². The Morgan fingerprint density at radius 1 is 1.08 bits per heavy atom. The molecule has 5 rings (SSSR count). The molecule has 0 aliphatic carbocycles. The number of piperidine rings is 1. The lowest BCUT2D eigenvalue weighted by Gasteiger charge is -2.39. The average molecular weight is 521 g/mol. The van der Waals surface area contributed by atoms with Crippen LogP contribution < -0.4 is 25.6 Å². The fourth-order valence-electron chi connectivity index (χ4n) is 5.45. The molecular weight excluding hydrogens is 492 g/mol. The maximum Gasteiger partial charge on any atom is 0.331 e. The number of nitro groups is 1. The zero-order chi connectivity index (χ0) is 27.1. The quantitative estimate of drug-likeness (QED) is 0.278. The zero-order valence-corrected chi connectivity index (χ0v) is 21.6. The van der Waals surface area contributed by atoms with Gasteiger partial charge in [0.05, 0.1) is 35.6 Å². The van der Waals surface area contributed by atoms with Gasteiger partial charge in [0, 0.05) is 49.8 Å². The Morgan fingerprint density at radius 3 is 2.50 bits per heavy atom. The van der Waals surface area contributed by atoms with E-state index in [9.17, 15) is 19.7 Å². The van der Waals surface area contributed by atoms with E-state index in [1.165, 1.54) is 33.7 Å². The number of nitro benzene ring substituents is 1. The average Bonchev–Trinajstić information content (AvgIpc) is 2.94. The van der Waals surface area contributed by atoms with Crippen LogP contribution in [0.3, 0.4) is 0 Å². The summed E-state index contributed by atoms with van der Waals surface area (Å²) in [5, 5.41) is 12.3. The lowest BCUT2D eigenvalue weighted by molar-refractivity contribution is -0.384. The van der Waals surface area contributed by atoms with Gasteiger partial charge < -0.3 is 14.4 Å². The van der Waals surface area contributed by atoms with Crippen molar-refractivity contribution >= 4 is 33.3 Å². The number of fused-ring (bicyclic) bond motifs is 2.